The van der Waals surface area contributed by atoms with Gasteiger partial charge in [-0.15, -0.1) is 0 Å². The fourth-order valence-electron chi connectivity index (χ4n) is 1.30. The molecule has 1 rings (SSSR count). The van der Waals surface area contributed by atoms with Gasteiger partial charge in [0.2, 0.25) is 0 Å². The molecule has 0 aliphatic heterocycles. The Balaban J connectivity index is 2.53. The van der Waals surface area contributed by atoms with Gasteiger partial charge in [-0.3, -0.25) is 4.98 Å². The van der Waals surface area contributed by atoms with E-state index in [-0.39, 0.29) is 11.9 Å². The van der Waals surface area contributed by atoms with E-state index in [0.29, 0.717) is 6.42 Å². The molecule has 0 saturated carbocycles. The molecule has 3 heteroatoms. The second-order valence-corrected chi connectivity index (χ2v) is 3.22. The van der Waals surface area contributed by atoms with Gasteiger partial charge in [-0.1, -0.05) is 13.3 Å². The lowest BCUT2D eigenvalue weighted by molar-refractivity contribution is 0.583. The highest BCUT2D eigenvalue weighted by Gasteiger charge is 2.04. The minimum absolute atomic E-state index is 0.0966. The Hall–Kier alpha value is -0.960. The number of aromatic nitrogens is 1. The van der Waals surface area contributed by atoms with Gasteiger partial charge in [0, 0.05) is 24.4 Å². The fraction of sp³-hybridized carbons (Fsp3) is 0.500. The van der Waals surface area contributed by atoms with Crippen molar-refractivity contribution in [3.05, 3.63) is 29.8 Å². The largest absolute Gasteiger partial charge is 0.327 e. The second-order valence-electron chi connectivity index (χ2n) is 3.22. The Morgan fingerprint density at radius 3 is 3.00 bits per heavy atom. The van der Waals surface area contributed by atoms with E-state index < -0.39 is 0 Å². The van der Waals surface area contributed by atoms with E-state index in [4.69, 9.17) is 5.73 Å². The molecule has 0 bridgehead atoms. The highest BCUT2D eigenvalue weighted by Crippen LogP contribution is 2.04. The molecule has 0 aliphatic carbocycles. The monoisotopic (exact) mass is 182 g/mol. The fourth-order valence-corrected chi connectivity index (χ4v) is 1.30. The maximum absolute atomic E-state index is 12.7. The lowest BCUT2D eigenvalue weighted by atomic mass is 10.1. The normalized spacial score (nSPS) is 12.8. The predicted octanol–water partition coefficient (Wildman–Crippen LogP) is 1.89. The molecular weight excluding hydrogens is 167 g/mol. The van der Waals surface area contributed by atoms with Gasteiger partial charge in [0.05, 0.1) is 0 Å². The van der Waals surface area contributed by atoms with E-state index >= 15 is 0 Å². The first kappa shape index (κ1) is 10.1. The first-order valence-corrected chi connectivity index (χ1v) is 4.58. The molecule has 0 spiro atoms. The summed E-state index contributed by atoms with van der Waals surface area (Å²) in [5.41, 5.74) is 6.54. The van der Waals surface area contributed by atoms with Gasteiger partial charge in [0.15, 0.2) is 0 Å². The van der Waals surface area contributed by atoms with Crippen LogP contribution in [0.4, 0.5) is 4.39 Å². The summed E-state index contributed by atoms with van der Waals surface area (Å²) in [6.45, 7) is 2.08. The molecule has 0 amide bonds. The van der Waals surface area contributed by atoms with E-state index in [9.17, 15) is 4.39 Å². The van der Waals surface area contributed by atoms with Crippen LogP contribution in [-0.4, -0.2) is 11.0 Å². The van der Waals surface area contributed by atoms with Crippen molar-refractivity contribution in [3.8, 4) is 0 Å². The van der Waals surface area contributed by atoms with Crippen molar-refractivity contribution >= 4 is 0 Å². The molecular formula is C10H15FN2. The highest BCUT2D eigenvalue weighted by molar-refractivity contribution is 5.07. The molecule has 1 aromatic rings. The summed E-state index contributed by atoms with van der Waals surface area (Å²) in [5, 5.41) is 0. The van der Waals surface area contributed by atoms with Gasteiger partial charge in [0.1, 0.15) is 5.82 Å². The van der Waals surface area contributed by atoms with Gasteiger partial charge < -0.3 is 5.73 Å². The van der Waals surface area contributed by atoms with Crippen molar-refractivity contribution in [1.82, 2.24) is 4.98 Å². The van der Waals surface area contributed by atoms with Crippen LogP contribution < -0.4 is 5.73 Å². The maximum atomic E-state index is 12.7. The van der Waals surface area contributed by atoms with E-state index in [1.807, 2.05) is 0 Å². The van der Waals surface area contributed by atoms with Crippen LogP contribution in [0.25, 0.3) is 0 Å². The molecule has 2 nitrogen and oxygen atoms in total. The van der Waals surface area contributed by atoms with Gasteiger partial charge in [-0.05, 0) is 18.6 Å². The summed E-state index contributed by atoms with van der Waals surface area (Å²) >= 11 is 0. The molecule has 1 unspecified atom stereocenters. The summed E-state index contributed by atoms with van der Waals surface area (Å²) in [6.07, 6.45) is 4.14. The minimum Gasteiger partial charge on any atom is -0.327 e. The third-order valence-electron chi connectivity index (χ3n) is 1.91. The Morgan fingerprint density at radius 2 is 2.38 bits per heavy atom. The zero-order chi connectivity index (χ0) is 9.68. The average molecular weight is 182 g/mol. The van der Waals surface area contributed by atoms with Gasteiger partial charge in [-0.25, -0.2) is 4.39 Å². The minimum atomic E-state index is -0.242. The number of rotatable bonds is 4. The molecule has 0 aromatic carbocycles. The van der Waals surface area contributed by atoms with E-state index in [1.54, 1.807) is 0 Å². The number of nitrogens with two attached hydrogens (primary N) is 1. The quantitative estimate of drug-likeness (QED) is 0.772. The van der Waals surface area contributed by atoms with Crippen LogP contribution in [0.15, 0.2) is 18.3 Å². The highest BCUT2D eigenvalue weighted by atomic mass is 19.1. The zero-order valence-corrected chi connectivity index (χ0v) is 7.83. The number of hydrogen-bond donors (Lipinski definition) is 1. The number of pyridine rings is 1. The molecule has 2 N–H and O–H groups in total. The Labute approximate surface area is 78.0 Å². The van der Waals surface area contributed by atoms with Gasteiger partial charge >= 0.3 is 0 Å². The number of hydrogen-bond acceptors (Lipinski definition) is 2. The van der Waals surface area contributed by atoms with Crippen molar-refractivity contribution < 1.29 is 4.39 Å². The lowest BCUT2D eigenvalue weighted by Crippen LogP contribution is -2.22. The van der Waals surface area contributed by atoms with Crippen LogP contribution in [0.5, 0.6) is 0 Å². The molecule has 0 fully saturated rings. The van der Waals surface area contributed by atoms with E-state index in [1.165, 1.54) is 18.3 Å². The van der Waals surface area contributed by atoms with E-state index in [2.05, 4.69) is 11.9 Å². The number of halogens is 1. The van der Waals surface area contributed by atoms with Crippen molar-refractivity contribution in [1.29, 1.82) is 0 Å². The van der Waals surface area contributed by atoms with Crippen LogP contribution in [0.2, 0.25) is 0 Å². The average Bonchev–Trinajstić information content (AvgIpc) is 2.04. The van der Waals surface area contributed by atoms with Gasteiger partial charge in [-0.2, -0.15) is 0 Å². The Morgan fingerprint density at radius 1 is 1.62 bits per heavy atom. The molecule has 0 saturated heterocycles. The lowest BCUT2D eigenvalue weighted by Gasteiger charge is -2.08. The second kappa shape index (κ2) is 4.92. The molecule has 13 heavy (non-hydrogen) atoms. The van der Waals surface area contributed by atoms with Crippen molar-refractivity contribution in [2.45, 2.75) is 32.2 Å². The third kappa shape index (κ3) is 3.51. The first-order chi connectivity index (χ1) is 6.22. The van der Waals surface area contributed by atoms with Crippen LogP contribution >= 0.6 is 0 Å². The summed E-state index contributed by atoms with van der Waals surface area (Å²) in [5.74, 6) is -0.242. The summed E-state index contributed by atoms with van der Waals surface area (Å²) in [7, 11) is 0. The molecule has 0 aliphatic rings. The van der Waals surface area contributed by atoms with Crippen LogP contribution in [0.3, 0.4) is 0 Å². The van der Waals surface area contributed by atoms with Crippen molar-refractivity contribution in [2.75, 3.05) is 0 Å². The molecule has 1 heterocycles. The summed E-state index contributed by atoms with van der Waals surface area (Å²) in [6, 6.07) is 2.88. The molecule has 1 atom stereocenters. The third-order valence-corrected chi connectivity index (χ3v) is 1.91. The van der Waals surface area contributed by atoms with Crippen molar-refractivity contribution in [2.24, 2.45) is 5.73 Å². The smallest absolute Gasteiger partial charge is 0.126 e. The molecule has 1 aromatic heterocycles. The SMILES string of the molecule is CCCC(N)Cc1cc(F)ccn1. The zero-order valence-electron chi connectivity index (χ0n) is 7.83. The Kier molecular flexibility index (Phi) is 3.83. The standard InChI is InChI=1S/C10H15FN2/c1-2-3-9(12)7-10-6-8(11)4-5-13-10/h4-6,9H,2-3,7,12H2,1H3. The maximum Gasteiger partial charge on any atom is 0.126 e. The Bertz CT molecular complexity index is 263. The van der Waals surface area contributed by atoms with Crippen LogP contribution in [-0.2, 0) is 6.42 Å². The molecule has 72 valence electrons. The first-order valence-electron chi connectivity index (χ1n) is 4.58. The summed E-state index contributed by atoms with van der Waals surface area (Å²) < 4.78 is 12.7. The predicted molar refractivity (Wildman–Crippen MR) is 50.8 cm³/mol. The van der Waals surface area contributed by atoms with Crippen LogP contribution in [0, 0.1) is 5.82 Å². The van der Waals surface area contributed by atoms with Gasteiger partial charge in [0.25, 0.3) is 0 Å². The molecule has 0 radical (unpaired) electrons. The van der Waals surface area contributed by atoms with E-state index in [0.717, 1.165) is 18.5 Å². The van der Waals surface area contributed by atoms with Crippen molar-refractivity contribution in [3.63, 3.8) is 0 Å². The summed E-state index contributed by atoms with van der Waals surface area (Å²) in [4.78, 5) is 4.04. The topological polar surface area (TPSA) is 38.9 Å². The van der Waals surface area contributed by atoms with Crippen LogP contribution in [0.1, 0.15) is 25.5 Å². The number of nitrogens with zero attached hydrogens (tertiary/aromatic N) is 1.